The van der Waals surface area contributed by atoms with E-state index in [9.17, 15) is 14.3 Å². The third kappa shape index (κ3) is 5.27. The second-order valence-electron chi connectivity index (χ2n) is 7.85. The van der Waals surface area contributed by atoms with Gasteiger partial charge in [0.25, 0.3) is 0 Å². The van der Waals surface area contributed by atoms with Crippen molar-refractivity contribution in [3.8, 4) is 0 Å². The lowest BCUT2D eigenvalue weighted by atomic mass is 9.96. The smallest absolute Gasteiger partial charge is 0.222 e. The van der Waals surface area contributed by atoms with Gasteiger partial charge >= 0.3 is 0 Å². The van der Waals surface area contributed by atoms with Gasteiger partial charge in [0, 0.05) is 38.6 Å². The Morgan fingerprint density at radius 3 is 2.54 bits per heavy atom. The van der Waals surface area contributed by atoms with Gasteiger partial charge in [-0.05, 0) is 56.0 Å². The van der Waals surface area contributed by atoms with Crippen LogP contribution in [0.25, 0.3) is 0 Å². The van der Waals surface area contributed by atoms with E-state index in [1.54, 1.807) is 6.07 Å². The molecule has 1 aromatic carbocycles. The summed E-state index contributed by atoms with van der Waals surface area (Å²) >= 11 is 0. The molecule has 3 rings (SSSR count). The van der Waals surface area contributed by atoms with Gasteiger partial charge in [-0.3, -0.25) is 4.79 Å². The van der Waals surface area contributed by atoms with Crippen LogP contribution in [-0.4, -0.2) is 60.1 Å². The van der Waals surface area contributed by atoms with Crippen LogP contribution < -0.4 is 0 Å². The summed E-state index contributed by atoms with van der Waals surface area (Å²) in [6.45, 7) is 4.80. The van der Waals surface area contributed by atoms with Gasteiger partial charge in [-0.25, -0.2) is 4.39 Å². The normalized spacial score (nSPS) is 24.6. The van der Waals surface area contributed by atoms with Crippen LogP contribution in [0.2, 0.25) is 0 Å². The number of amides is 1. The van der Waals surface area contributed by atoms with Crippen LogP contribution in [0.15, 0.2) is 24.3 Å². The first-order chi connectivity index (χ1) is 12.7. The van der Waals surface area contributed by atoms with Crippen molar-refractivity contribution in [2.75, 3.05) is 39.3 Å². The van der Waals surface area contributed by atoms with Gasteiger partial charge in [0.2, 0.25) is 5.91 Å². The molecule has 2 fully saturated rings. The van der Waals surface area contributed by atoms with E-state index in [-0.39, 0.29) is 24.2 Å². The number of aliphatic hydroxyl groups is 1. The van der Waals surface area contributed by atoms with Crippen LogP contribution in [-0.2, 0) is 11.2 Å². The fraction of sp³-hybridized carbons (Fsp3) is 0.667. The van der Waals surface area contributed by atoms with E-state index in [4.69, 9.17) is 0 Å². The average molecular weight is 362 g/mol. The maximum absolute atomic E-state index is 13.3. The Hall–Kier alpha value is -1.46. The molecule has 144 valence electrons. The summed E-state index contributed by atoms with van der Waals surface area (Å²) in [5, 5.41) is 9.76. The van der Waals surface area contributed by atoms with E-state index < -0.39 is 0 Å². The van der Waals surface area contributed by atoms with Gasteiger partial charge < -0.3 is 14.9 Å². The first-order valence-corrected chi connectivity index (χ1v) is 10.0. The highest BCUT2D eigenvalue weighted by molar-refractivity contribution is 5.76. The van der Waals surface area contributed by atoms with Gasteiger partial charge in [0.15, 0.2) is 0 Å². The number of rotatable bonds is 6. The maximum atomic E-state index is 13.3. The predicted octanol–water partition coefficient (Wildman–Crippen LogP) is 2.70. The SMILES string of the molecule is O=C(CCc1cccc(F)c1)N1C[C@@H](CN2CCCCCC2)[C@@H](CO)C1. The highest BCUT2D eigenvalue weighted by atomic mass is 19.1. The quantitative estimate of drug-likeness (QED) is 0.846. The van der Waals surface area contributed by atoms with E-state index in [0.717, 1.165) is 31.7 Å². The molecule has 2 heterocycles. The van der Waals surface area contributed by atoms with Gasteiger partial charge in [-0.2, -0.15) is 0 Å². The number of hydrogen-bond donors (Lipinski definition) is 1. The van der Waals surface area contributed by atoms with Crippen LogP contribution in [0, 0.1) is 17.7 Å². The van der Waals surface area contributed by atoms with Crippen molar-refractivity contribution >= 4 is 5.91 Å². The molecule has 2 aliphatic rings. The lowest BCUT2D eigenvalue weighted by molar-refractivity contribution is -0.130. The molecule has 2 saturated heterocycles. The molecule has 0 bridgehead atoms. The maximum Gasteiger partial charge on any atom is 0.222 e. The number of aliphatic hydroxyl groups excluding tert-OH is 1. The fourth-order valence-electron chi connectivity index (χ4n) is 4.31. The molecule has 1 aromatic rings. The Morgan fingerprint density at radius 1 is 1.12 bits per heavy atom. The number of halogens is 1. The standard InChI is InChI=1S/C21H31FN2O2/c22-20-7-5-6-17(12-20)8-9-21(26)24-14-18(19(15-24)16-25)13-23-10-3-1-2-4-11-23/h5-7,12,18-19,25H,1-4,8-11,13-16H2/t18-,19-/m1/s1. The Labute approximate surface area is 156 Å². The van der Waals surface area contributed by atoms with Gasteiger partial charge in [-0.15, -0.1) is 0 Å². The van der Waals surface area contributed by atoms with Gasteiger partial charge in [-0.1, -0.05) is 25.0 Å². The minimum absolute atomic E-state index is 0.117. The molecule has 0 saturated carbocycles. The summed E-state index contributed by atoms with van der Waals surface area (Å²) in [6, 6.07) is 6.46. The minimum atomic E-state index is -0.256. The summed E-state index contributed by atoms with van der Waals surface area (Å²) in [6.07, 6.45) is 6.11. The molecule has 26 heavy (non-hydrogen) atoms. The summed E-state index contributed by atoms with van der Waals surface area (Å²) in [5.41, 5.74) is 0.859. The molecule has 0 aromatic heterocycles. The van der Waals surface area contributed by atoms with Crippen LogP contribution in [0.5, 0.6) is 0 Å². The van der Waals surface area contributed by atoms with Gasteiger partial charge in [0.05, 0.1) is 0 Å². The van der Waals surface area contributed by atoms with Crippen molar-refractivity contribution in [2.45, 2.75) is 38.5 Å². The number of aryl methyl sites for hydroxylation is 1. The minimum Gasteiger partial charge on any atom is -0.396 e. The van der Waals surface area contributed by atoms with Crippen molar-refractivity contribution in [1.82, 2.24) is 9.80 Å². The number of nitrogens with zero attached hydrogens (tertiary/aromatic N) is 2. The highest BCUT2D eigenvalue weighted by Crippen LogP contribution is 2.26. The van der Waals surface area contributed by atoms with E-state index in [2.05, 4.69) is 4.90 Å². The second kappa shape index (κ2) is 9.47. The van der Waals surface area contributed by atoms with E-state index in [0.29, 0.717) is 25.3 Å². The molecular weight excluding hydrogens is 331 g/mol. The summed E-state index contributed by atoms with van der Waals surface area (Å²) in [4.78, 5) is 17.0. The molecule has 1 N–H and O–H groups in total. The fourth-order valence-corrected chi connectivity index (χ4v) is 4.31. The summed E-state index contributed by atoms with van der Waals surface area (Å²) in [7, 11) is 0. The van der Waals surface area contributed by atoms with E-state index in [1.165, 1.54) is 37.8 Å². The Morgan fingerprint density at radius 2 is 1.85 bits per heavy atom. The van der Waals surface area contributed by atoms with Crippen LogP contribution in [0.1, 0.15) is 37.7 Å². The number of hydrogen-bond acceptors (Lipinski definition) is 3. The zero-order chi connectivity index (χ0) is 18.4. The third-order valence-electron chi connectivity index (χ3n) is 5.87. The molecule has 5 heteroatoms. The van der Waals surface area contributed by atoms with Crippen LogP contribution in [0.4, 0.5) is 4.39 Å². The van der Waals surface area contributed by atoms with Crippen molar-refractivity contribution in [3.05, 3.63) is 35.6 Å². The van der Waals surface area contributed by atoms with Crippen LogP contribution >= 0.6 is 0 Å². The monoisotopic (exact) mass is 362 g/mol. The lowest BCUT2D eigenvalue weighted by Gasteiger charge is -2.26. The average Bonchev–Trinajstić information content (AvgIpc) is 2.87. The molecule has 0 aliphatic carbocycles. The zero-order valence-electron chi connectivity index (χ0n) is 15.6. The molecule has 4 nitrogen and oxygen atoms in total. The Balaban J connectivity index is 1.51. The summed E-state index contributed by atoms with van der Waals surface area (Å²) in [5.74, 6) is 0.396. The predicted molar refractivity (Wildman–Crippen MR) is 100 cm³/mol. The molecular formula is C21H31FN2O2. The van der Waals surface area contributed by atoms with Crippen molar-refractivity contribution in [1.29, 1.82) is 0 Å². The molecule has 0 unspecified atom stereocenters. The van der Waals surface area contributed by atoms with Crippen LogP contribution in [0.3, 0.4) is 0 Å². The second-order valence-corrected chi connectivity index (χ2v) is 7.85. The number of likely N-dealkylation sites (tertiary alicyclic amines) is 2. The number of benzene rings is 1. The Bertz CT molecular complexity index is 587. The molecule has 0 spiro atoms. The number of carbonyl (C=O) groups is 1. The Kier molecular flexibility index (Phi) is 7.03. The molecule has 1 amide bonds. The zero-order valence-corrected chi connectivity index (χ0v) is 15.6. The number of carbonyl (C=O) groups excluding carboxylic acids is 1. The van der Waals surface area contributed by atoms with E-state index in [1.807, 2.05) is 11.0 Å². The molecule has 2 aliphatic heterocycles. The first kappa shape index (κ1) is 19.3. The topological polar surface area (TPSA) is 43.8 Å². The van der Waals surface area contributed by atoms with Gasteiger partial charge in [0.1, 0.15) is 5.82 Å². The van der Waals surface area contributed by atoms with E-state index >= 15 is 0 Å². The third-order valence-corrected chi connectivity index (χ3v) is 5.87. The van der Waals surface area contributed by atoms with Crippen molar-refractivity contribution in [2.24, 2.45) is 11.8 Å². The lowest BCUT2D eigenvalue weighted by Crippen LogP contribution is -2.35. The largest absolute Gasteiger partial charge is 0.396 e. The molecule has 0 radical (unpaired) electrons. The summed E-state index contributed by atoms with van der Waals surface area (Å²) < 4.78 is 13.3. The van der Waals surface area contributed by atoms with Crippen molar-refractivity contribution < 1.29 is 14.3 Å². The van der Waals surface area contributed by atoms with Crippen molar-refractivity contribution in [3.63, 3.8) is 0 Å². The first-order valence-electron chi connectivity index (χ1n) is 10.0. The molecule has 2 atom stereocenters. The highest BCUT2D eigenvalue weighted by Gasteiger charge is 2.35.